The highest BCUT2D eigenvalue weighted by molar-refractivity contribution is 9.10. The molecule has 188 valence electrons. The third-order valence-corrected chi connectivity index (χ3v) is 7.56. The van der Waals surface area contributed by atoms with Gasteiger partial charge in [-0.25, -0.2) is 9.37 Å². The van der Waals surface area contributed by atoms with Gasteiger partial charge in [-0.15, -0.1) is 0 Å². The molecule has 1 atom stereocenters. The van der Waals surface area contributed by atoms with Crippen molar-refractivity contribution in [2.45, 2.75) is 6.04 Å². The maximum Gasteiger partial charge on any atom is 0.301 e. The standard InChI is InChI=1S/C26H18BrFN2O6S/c1-35-15-6-3-12(4-7-15)22(31)20-21(13-9-16(27)23(32)18(10-13)36-2)30(25(34)24(20)33)26-29-17-8-5-14(28)11-19(17)37-26/h3-11,21,31-32H,1-2H3. The van der Waals surface area contributed by atoms with Gasteiger partial charge in [0.1, 0.15) is 17.3 Å². The van der Waals surface area contributed by atoms with Gasteiger partial charge in [-0.3, -0.25) is 14.5 Å². The molecule has 1 aliphatic rings. The fraction of sp³-hybridized carbons (Fsp3) is 0.115. The lowest BCUT2D eigenvalue weighted by atomic mass is 9.95. The van der Waals surface area contributed by atoms with Crippen LogP contribution in [0.4, 0.5) is 9.52 Å². The monoisotopic (exact) mass is 584 g/mol. The fourth-order valence-electron chi connectivity index (χ4n) is 4.15. The number of benzene rings is 3. The van der Waals surface area contributed by atoms with Gasteiger partial charge in [0.25, 0.3) is 5.78 Å². The molecule has 1 fully saturated rings. The number of aromatic nitrogens is 1. The van der Waals surface area contributed by atoms with E-state index in [2.05, 4.69) is 20.9 Å². The lowest BCUT2D eigenvalue weighted by molar-refractivity contribution is -0.132. The third kappa shape index (κ3) is 4.19. The van der Waals surface area contributed by atoms with Crippen LogP contribution in [-0.2, 0) is 9.59 Å². The lowest BCUT2D eigenvalue weighted by Gasteiger charge is -2.24. The van der Waals surface area contributed by atoms with Crippen LogP contribution < -0.4 is 14.4 Å². The molecule has 0 bridgehead atoms. The van der Waals surface area contributed by atoms with Gasteiger partial charge < -0.3 is 19.7 Å². The third-order valence-electron chi connectivity index (χ3n) is 5.94. The highest BCUT2D eigenvalue weighted by Crippen LogP contribution is 2.47. The molecule has 5 rings (SSSR count). The molecule has 4 aromatic rings. The first-order chi connectivity index (χ1) is 17.7. The number of Topliss-reactive ketones (excluding diaryl/α,β-unsaturated/α-hetero) is 1. The van der Waals surface area contributed by atoms with Crippen molar-refractivity contribution in [1.29, 1.82) is 0 Å². The summed E-state index contributed by atoms with van der Waals surface area (Å²) in [6.45, 7) is 0. The van der Waals surface area contributed by atoms with Crippen LogP contribution >= 0.6 is 27.3 Å². The maximum atomic E-state index is 13.8. The van der Waals surface area contributed by atoms with Crippen molar-refractivity contribution in [2.24, 2.45) is 0 Å². The van der Waals surface area contributed by atoms with Crippen molar-refractivity contribution < 1.29 is 33.7 Å². The molecule has 0 aliphatic carbocycles. The predicted molar refractivity (Wildman–Crippen MR) is 140 cm³/mol. The summed E-state index contributed by atoms with van der Waals surface area (Å²) in [6, 6.07) is 12.2. The number of ketones is 1. The van der Waals surface area contributed by atoms with Gasteiger partial charge in [-0.1, -0.05) is 11.3 Å². The smallest absolute Gasteiger partial charge is 0.301 e. The number of phenolic OH excluding ortho intramolecular Hbond substituents is 1. The number of aromatic hydroxyl groups is 1. The van der Waals surface area contributed by atoms with Crippen LogP contribution in [-0.4, -0.2) is 41.1 Å². The molecular weight excluding hydrogens is 567 g/mol. The van der Waals surface area contributed by atoms with Gasteiger partial charge in [0, 0.05) is 5.56 Å². The molecule has 0 saturated carbocycles. The van der Waals surface area contributed by atoms with E-state index in [-0.39, 0.29) is 26.7 Å². The fourth-order valence-corrected chi connectivity index (χ4v) is 5.62. The first-order valence-corrected chi connectivity index (χ1v) is 12.4. The number of methoxy groups -OCH3 is 2. The van der Waals surface area contributed by atoms with Gasteiger partial charge in [-0.2, -0.15) is 0 Å². The number of amides is 1. The summed E-state index contributed by atoms with van der Waals surface area (Å²) >= 11 is 4.31. The molecule has 1 amide bonds. The molecule has 0 radical (unpaired) electrons. The van der Waals surface area contributed by atoms with E-state index < -0.39 is 29.3 Å². The summed E-state index contributed by atoms with van der Waals surface area (Å²) in [5, 5.41) is 21.8. The average Bonchev–Trinajstić information content (AvgIpc) is 3.42. The number of aliphatic hydroxyl groups excluding tert-OH is 1. The van der Waals surface area contributed by atoms with E-state index in [4.69, 9.17) is 9.47 Å². The van der Waals surface area contributed by atoms with Crippen LogP contribution in [0.3, 0.4) is 0 Å². The Kier molecular flexibility index (Phi) is 6.34. The van der Waals surface area contributed by atoms with Crippen molar-refractivity contribution >= 4 is 60.1 Å². The van der Waals surface area contributed by atoms with Gasteiger partial charge in [-0.05, 0) is 76.1 Å². The largest absolute Gasteiger partial charge is 0.507 e. The Hall–Kier alpha value is -3.96. The van der Waals surface area contributed by atoms with Crippen molar-refractivity contribution in [3.63, 3.8) is 0 Å². The highest BCUT2D eigenvalue weighted by Gasteiger charge is 2.48. The summed E-state index contributed by atoms with van der Waals surface area (Å²) in [5.74, 6) is -2.24. The van der Waals surface area contributed by atoms with Crippen molar-refractivity contribution in [2.75, 3.05) is 19.1 Å². The van der Waals surface area contributed by atoms with Crippen LogP contribution in [0.15, 0.2) is 64.6 Å². The molecule has 1 unspecified atom stereocenters. The predicted octanol–water partition coefficient (Wildman–Crippen LogP) is 5.55. The van der Waals surface area contributed by atoms with E-state index >= 15 is 0 Å². The van der Waals surface area contributed by atoms with E-state index in [0.29, 0.717) is 27.1 Å². The Morgan fingerprint density at radius 3 is 2.49 bits per heavy atom. The highest BCUT2D eigenvalue weighted by atomic mass is 79.9. The van der Waals surface area contributed by atoms with E-state index in [1.807, 2.05) is 0 Å². The second-order valence-electron chi connectivity index (χ2n) is 8.06. The average molecular weight is 585 g/mol. The number of thiazole rings is 1. The van der Waals surface area contributed by atoms with Crippen LogP contribution in [0.2, 0.25) is 0 Å². The number of ether oxygens (including phenoxy) is 2. The number of anilines is 1. The first-order valence-electron chi connectivity index (χ1n) is 10.8. The number of phenols is 1. The number of aliphatic hydroxyl groups is 1. The minimum absolute atomic E-state index is 0.0887. The Bertz CT molecular complexity index is 1600. The van der Waals surface area contributed by atoms with E-state index in [1.54, 1.807) is 24.3 Å². The molecule has 11 heteroatoms. The van der Waals surface area contributed by atoms with E-state index in [1.165, 1.54) is 44.6 Å². The summed E-state index contributed by atoms with van der Waals surface area (Å²) < 4.78 is 25.0. The topological polar surface area (TPSA) is 109 Å². The van der Waals surface area contributed by atoms with E-state index in [9.17, 15) is 24.2 Å². The zero-order chi connectivity index (χ0) is 26.4. The minimum atomic E-state index is -1.13. The second-order valence-corrected chi connectivity index (χ2v) is 9.92. The molecule has 8 nitrogen and oxygen atoms in total. The summed E-state index contributed by atoms with van der Waals surface area (Å²) in [4.78, 5) is 32.4. The van der Waals surface area contributed by atoms with Crippen molar-refractivity contribution in [3.05, 3.63) is 81.6 Å². The van der Waals surface area contributed by atoms with Crippen LogP contribution in [0.25, 0.3) is 16.0 Å². The van der Waals surface area contributed by atoms with Crippen LogP contribution in [0.5, 0.6) is 17.2 Å². The van der Waals surface area contributed by atoms with Gasteiger partial charge in [0.2, 0.25) is 0 Å². The molecule has 3 aromatic carbocycles. The molecular formula is C26H18BrFN2O6S. The SMILES string of the molecule is COc1ccc(C(O)=C2C(=O)C(=O)N(c3nc4ccc(F)cc4s3)C2c2cc(Br)c(O)c(OC)c2)cc1. The number of rotatable bonds is 5. The van der Waals surface area contributed by atoms with Crippen LogP contribution in [0, 0.1) is 5.82 Å². The Morgan fingerprint density at radius 2 is 1.81 bits per heavy atom. The van der Waals surface area contributed by atoms with Crippen molar-refractivity contribution in [3.8, 4) is 17.2 Å². The number of fused-ring (bicyclic) bond motifs is 1. The number of halogens is 2. The number of carbonyl (C=O) groups excluding carboxylic acids is 2. The molecule has 1 aromatic heterocycles. The minimum Gasteiger partial charge on any atom is -0.507 e. The molecule has 37 heavy (non-hydrogen) atoms. The molecule has 0 spiro atoms. The second kappa shape index (κ2) is 9.49. The number of hydrogen-bond acceptors (Lipinski definition) is 8. The zero-order valence-electron chi connectivity index (χ0n) is 19.4. The quantitative estimate of drug-likeness (QED) is 0.180. The summed E-state index contributed by atoms with van der Waals surface area (Å²) in [6.07, 6.45) is 0. The normalized spacial score (nSPS) is 17.0. The Labute approximate surface area is 222 Å². The zero-order valence-corrected chi connectivity index (χ0v) is 21.8. The Balaban J connectivity index is 1.76. The van der Waals surface area contributed by atoms with Gasteiger partial charge >= 0.3 is 5.91 Å². The van der Waals surface area contributed by atoms with Gasteiger partial charge in [0.15, 0.2) is 16.6 Å². The molecule has 1 saturated heterocycles. The number of carbonyl (C=O) groups is 2. The van der Waals surface area contributed by atoms with Crippen molar-refractivity contribution in [1.82, 2.24) is 4.98 Å². The molecule has 2 N–H and O–H groups in total. The number of hydrogen-bond donors (Lipinski definition) is 2. The summed E-state index contributed by atoms with van der Waals surface area (Å²) in [7, 11) is 2.86. The lowest BCUT2D eigenvalue weighted by Crippen LogP contribution is -2.29. The van der Waals surface area contributed by atoms with E-state index in [0.717, 1.165) is 16.2 Å². The maximum absolute atomic E-state index is 13.8. The number of nitrogens with zero attached hydrogens (tertiary/aromatic N) is 2. The summed E-state index contributed by atoms with van der Waals surface area (Å²) in [5.41, 5.74) is 0.920. The first kappa shape index (κ1) is 24.7. The Morgan fingerprint density at radius 1 is 1.08 bits per heavy atom. The van der Waals surface area contributed by atoms with Gasteiger partial charge in [0.05, 0.1) is 40.5 Å². The van der Waals surface area contributed by atoms with Crippen LogP contribution in [0.1, 0.15) is 17.2 Å². The molecule has 2 heterocycles. The molecule has 1 aliphatic heterocycles.